The molecular formula is C12H17N5O3. The fraction of sp³-hybridized carbons (Fsp3) is 0.667. The minimum atomic E-state index is -0.532. The minimum Gasteiger partial charge on any atom is -0.391 e. The lowest BCUT2D eigenvalue weighted by molar-refractivity contribution is 0.0705. The largest absolute Gasteiger partial charge is 0.391 e. The molecule has 3 rings (SSSR count). The molecule has 1 N–H and O–H groups in total. The number of hydrogen-bond donors (Lipinski definition) is 1. The summed E-state index contributed by atoms with van der Waals surface area (Å²) in [5.41, 5.74) is -0.318. The van der Waals surface area contributed by atoms with E-state index in [0.29, 0.717) is 6.42 Å². The summed E-state index contributed by atoms with van der Waals surface area (Å²) in [5.74, 6) is 0. The highest BCUT2D eigenvalue weighted by molar-refractivity contribution is 5.68. The molecule has 0 amide bonds. The number of aliphatic hydroxyl groups is 1. The molecule has 20 heavy (non-hydrogen) atoms. The van der Waals surface area contributed by atoms with E-state index in [1.165, 1.54) is 16.3 Å². The van der Waals surface area contributed by atoms with E-state index in [4.69, 9.17) is 0 Å². The van der Waals surface area contributed by atoms with Gasteiger partial charge in [0.1, 0.15) is 0 Å². The van der Waals surface area contributed by atoms with Gasteiger partial charge in [0.2, 0.25) is 0 Å². The molecule has 1 saturated carbocycles. The highest BCUT2D eigenvalue weighted by atomic mass is 16.3. The molecule has 2 aromatic rings. The van der Waals surface area contributed by atoms with Crippen LogP contribution in [0.25, 0.3) is 11.2 Å². The van der Waals surface area contributed by atoms with Gasteiger partial charge in [0.05, 0.1) is 12.1 Å². The summed E-state index contributed by atoms with van der Waals surface area (Å²) in [7, 11) is 2.99. The van der Waals surface area contributed by atoms with E-state index in [9.17, 15) is 14.7 Å². The predicted molar refractivity (Wildman–Crippen MR) is 71.5 cm³/mol. The van der Waals surface area contributed by atoms with Crippen LogP contribution in [0.1, 0.15) is 31.7 Å². The molecule has 108 valence electrons. The Morgan fingerprint density at radius 3 is 2.55 bits per heavy atom. The average molecular weight is 279 g/mol. The smallest absolute Gasteiger partial charge is 0.332 e. The van der Waals surface area contributed by atoms with Gasteiger partial charge in [0.25, 0.3) is 5.56 Å². The third kappa shape index (κ3) is 1.71. The van der Waals surface area contributed by atoms with Crippen LogP contribution in [-0.4, -0.2) is 35.3 Å². The third-order valence-electron chi connectivity index (χ3n) is 4.08. The highest BCUT2D eigenvalue weighted by Crippen LogP contribution is 2.29. The summed E-state index contributed by atoms with van der Waals surface area (Å²) in [6.07, 6.45) is 2.87. The molecule has 0 unspecified atom stereocenters. The molecule has 8 heteroatoms. The van der Waals surface area contributed by atoms with Crippen LogP contribution in [0.15, 0.2) is 9.59 Å². The monoisotopic (exact) mass is 279 g/mol. The third-order valence-corrected chi connectivity index (χ3v) is 4.08. The summed E-state index contributed by atoms with van der Waals surface area (Å²) in [6, 6.07) is -0.251. The Labute approximate surface area is 114 Å². The van der Waals surface area contributed by atoms with Crippen molar-refractivity contribution < 1.29 is 5.11 Å². The van der Waals surface area contributed by atoms with Crippen LogP contribution in [0.3, 0.4) is 0 Å². The second-order valence-corrected chi connectivity index (χ2v) is 5.33. The summed E-state index contributed by atoms with van der Waals surface area (Å²) in [4.78, 5) is 24.2. The van der Waals surface area contributed by atoms with E-state index in [1.807, 2.05) is 0 Å². The fourth-order valence-electron chi connectivity index (χ4n) is 2.88. The molecule has 0 spiro atoms. The van der Waals surface area contributed by atoms with Crippen LogP contribution in [0, 0.1) is 0 Å². The molecule has 1 aliphatic carbocycles. The molecule has 0 radical (unpaired) electrons. The van der Waals surface area contributed by atoms with Gasteiger partial charge < -0.3 is 5.11 Å². The molecule has 0 bridgehead atoms. The first-order valence-electron chi connectivity index (χ1n) is 6.71. The van der Waals surface area contributed by atoms with Crippen molar-refractivity contribution in [1.82, 2.24) is 24.1 Å². The van der Waals surface area contributed by atoms with Crippen molar-refractivity contribution in [3.05, 3.63) is 20.8 Å². The first-order chi connectivity index (χ1) is 9.52. The van der Waals surface area contributed by atoms with Crippen LogP contribution in [-0.2, 0) is 14.1 Å². The molecule has 1 fully saturated rings. The molecule has 0 aliphatic heterocycles. The Hall–Kier alpha value is -1.96. The predicted octanol–water partition coefficient (Wildman–Crippen LogP) is -0.695. The zero-order valence-corrected chi connectivity index (χ0v) is 11.5. The van der Waals surface area contributed by atoms with E-state index >= 15 is 0 Å². The zero-order chi connectivity index (χ0) is 14.4. The molecule has 0 aromatic carbocycles. The first-order valence-corrected chi connectivity index (χ1v) is 6.71. The van der Waals surface area contributed by atoms with E-state index in [1.54, 1.807) is 7.05 Å². The van der Waals surface area contributed by atoms with Crippen molar-refractivity contribution in [3.63, 3.8) is 0 Å². The topological polar surface area (TPSA) is 94.9 Å². The van der Waals surface area contributed by atoms with E-state index in [2.05, 4.69) is 10.3 Å². The van der Waals surface area contributed by atoms with Gasteiger partial charge >= 0.3 is 5.69 Å². The Morgan fingerprint density at radius 2 is 1.85 bits per heavy atom. The van der Waals surface area contributed by atoms with Crippen molar-refractivity contribution in [2.45, 2.75) is 37.8 Å². The van der Waals surface area contributed by atoms with Gasteiger partial charge in [-0.3, -0.25) is 13.9 Å². The number of nitrogens with zero attached hydrogens (tertiary/aromatic N) is 5. The highest BCUT2D eigenvalue weighted by Gasteiger charge is 2.29. The maximum absolute atomic E-state index is 12.3. The number of hydrogen-bond acceptors (Lipinski definition) is 5. The van der Waals surface area contributed by atoms with Crippen LogP contribution in [0.5, 0.6) is 0 Å². The van der Waals surface area contributed by atoms with E-state index in [-0.39, 0.29) is 17.2 Å². The number of aryl methyl sites for hydroxylation is 1. The molecule has 2 heterocycles. The molecule has 0 saturated heterocycles. The van der Waals surface area contributed by atoms with Crippen LogP contribution in [0.4, 0.5) is 0 Å². The summed E-state index contributed by atoms with van der Waals surface area (Å²) in [6.45, 7) is 0. The zero-order valence-electron chi connectivity index (χ0n) is 11.5. The van der Waals surface area contributed by atoms with Crippen LogP contribution < -0.4 is 11.2 Å². The van der Waals surface area contributed by atoms with Crippen LogP contribution in [0.2, 0.25) is 0 Å². The van der Waals surface area contributed by atoms with Gasteiger partial charge in [-0.25, -0.2) is 9.48 Å². The number of aliphatic hydroxyl groups excluding tert-OH is 1. The second kappa shape index (κ2) is 4.55. The summed E-state index contributed by atoms with van der Waals surface area (Å²) < 4.78 is 3.83. The van der Waals surface area contributed by atoms with E-state index < -0.39 is 17.4 Å². The van der Waals surface area contributed by atoms with Crippen LogP contribution >= 0.6 is 0 Å². The summed E-state index contributed by atoms with van der Waals surface area (Å²) >= 11 is 0. The Bertz CT molecular complexity index is 772. The number of rotatable bonds is 1. The van der Waals surface area contributed by atoms with E-state index in [0.717, 1.165) is 23.8 Å². The van der Waals surface area contributed by atoms with Gasteiger partial charge in [0.15, 0.2) is 11.2 Å². The van der Waals surface area contributed by atoms with Crippen molar-refractivity contribution in [2.75, 3.05) is 0 Å². The number of aromatic nitrogens is 5. The van der Waals surface area contributed by atoms with Crippen molar-refractivity contribution >= 4 is 11.2 Å². The normalized spacial score (nSPS) is 23.4. The lowest BCUT2D eigenvalue weighted by Gasteiger charge is -2.27. The lowest BCUT2D eigenvalue weighted by atomic mass is 9.93. The van der Waals surface area contributed by atoms with Gasteiger partial charge in [0, 0.05) is 14.1 Å². The average Bonchev–Trinajstić information content (AvgIpc) is 2.88. The number of fused-ring (bicyclic) bond motifs is 1. The minimum absolute atomic E-state index is 0.251. The Morgan fingerprint density at radius 1 is 1.15 bits per heavy atom. The molecular weight excluding hydrogens is 262 g/mol. The molecule has 8 nitrogen and oxygen atoms in total. The molecule has 2 atom stereocenters. The Balaban J connectivity index is 2.28. The second-order valence-electron chi connectivity index (χ2n) is 5.33. The fourth-order valence-corrected chi connectivity index (χ4v) is 2.88. The van der Waals surface area contributed by atoms with Crippen molar-refractivity contribution in [2.24, 2.45) is 14.1 Å². The quantitative estimate of drug-likeness (QED) is 0.745. The lowest BCUT2D eigenvalue weighted by Crippen LogP contribution is -2.38. The van der Waals surface area contributed by atoms with Gasteiger partial charge in [-0.05, 0) is 12.8 Å². The maximum Gasteiger partial charge on any atom is 0.332 e. The molecule has 1 aliphatic rings. The first kappa shape index (κ1) is 13.0. The standard InChI is InChI=1S/C12H17N5O3/c1-15-10-9(11(19)16(2)12(15)20)17(14-13-10)7-5-3-4-6-8(7)18/h7-8,18H,3-6H2,1-2H3/t7-,8-/m0/s1. The van der Waals surface area contributed by atoms with Crippen molar-refractivity contribution in [1.29, 1.82) is 0 Å². The Kier molecular flexibility index (Phi) is 2.97. The molecule has 2 aromatic heterocycles. The van der Waals surface area contributed by atoms with Gasteiger partial charge in [-0.1, -0.05) is 18.1 Å². The maximum atomic E-state index is 12.3. The SMILES string of the molecule is Cn1c(=O)c2c(nnn2[C@H]2CCCC[C@@H]2O)n(C)c1=O. The van der Waals surface area contributed by atoms with Gasteiger partial charge in [-0.2, -0.15) is 0 Å². The summed E-state index contributed by atoms with van der Waals surface area (Å²) in [5, 5.41) is 18.1. The van der Waals surface area contributed by atoms with Gasteiger partial charge in [-0.15, -0.1) is 5.10 Å². The van der Waals surface area contributed by atoms with Crippen molar-refractivity contribution in [3.8, 4) is 0 Å².